The number of urea groups is 1. The SMILES string of the molecule is CC(NC(=O)Nc1ccc(F)cc1)Oc1ccc(C(C)C)cc1. The van der Waals surface area contributed by atoms with Gasteiger partial charge < -0.3 is 15.4 Å². The van der Waals surface area contributed by atoms with Gasteiger partial charge in [0.05, 0.1) is 0 Å². The van der Waals surface area contributed by atoms with Gasteiger partial charge in [0, 0.05) is 5.69 Å². The van der Waals surface area contributed by atoms with Crippen molar-refractivity contribution in [2.45, 2.75) is 32.9 Å². The average Bonchev–Trinajstić information content (AvgIpc) is 2.50. The first kappa shape index (κ1) is 16.8. The second-order valence-electron chi connectivity index (χ2n) is 5.59. The van der Waals surface area contributed by atoms with Gasteiger partial charge >= 0.3 is 6.03 Å². The number of rotatable bonds is 5. The molecule has 2 aromatic rings. The zero-order valence-corrected chi connectivity index (χ0v) is 13.5. The van der Waals surface area contributed by atoms with Crippen molar-refractivity contribution in [3.63, 3.8) is 0 Å². The van der Waals surface area contributed by atoms with Gasteiger partial charge in [-0.3, -0.25) is 0 Å². The average molecular weight is 316 g/mol. The Morgan fingerprint density at radius 1 is 1.00 bits per heavy atom. The molecule has 4 nitrogen and oxygen atoms in total. The third kappa shape index (κ3) is 5.29. The van der Waals surface area contributed by atoms with Crippen LogP contribution < -0.4 is 15.4 Å². The molecule has 0 saturated heterocycles. The maximum atomic E-state index is 12.8. The van der Waals surface area contributed by atoms with E-state index in [2.05, 4.69) is 24.5 Å². The number of benzene rings is 2. The number of ether oxygens (including phenoxy) is 1. The van der Waals surface area contributed by atoms with Gasteiger partial charge in [0.25, 0.3) is 0 Å². The van der Waals surface area contributed by atoms with Crippen LogP contribution in [0.3, 0.4) is 0 Å². The molecule has 0 aromatic heterocycles. The molecule has 1 atom stereocenters. The highest BCUT2D eigenvalue weighted by molar-refractivity contribution is 5.89. The Morgan fingerprint density at radius 2 is 1.61 bits per heavy atom. The minimum atomic E-state index is -0.500. The Hall–Kier alpha value is -2.56. The molecule has 122 valence electrons. The van der Waals surface area contributed by atoms with E-state index >= 15 is 0 Å². The second-order valence-corrected chi connectivity index (χ2v) is 5.59. The molecule has 0 aliphatic rings. The molecule has 5 heteroatoms. The fraction of sp³-hybridized carbons (Fsp3) is 0.278. The highest BCUT2D eigenvalue weighted by atomic mass is 19.1. The summed E-state index contributed by atoms with van der Waals surface area (Å²) in [5, 5.41) is 5.28. The summed E-state index contributed by atoms with van der Waals surface area (Å²) in [6.45, 7) is 5.99. The van der Waals surface area contributed by atoms with Crippen LogP contribution in [-0.2, 0) is 0 Å². The molecule has 2 aromatic carbocycles. The van der Waals surface area contributed by atoms with E-state index in [1.54, 1.807) is 6.92 Å². The third-order valence-corrected chi connectivity index (χ3v) is 3.30. The molecule has 0 spiro atoms. The fourth-order valence-corrected chi connectivity index (χ4v) is 2.05. The zero-order chi connectivity index (χ0) is 16.8. The molecule has 0 aliphatic heterocycles. The van der Waals surface area contributed by atoms with Crippen molar-refractivity contribution >= 4 is 11.7 Å². The van der Waals surface area contributed by atoms with Crippen molar-refractivity contribution in [1.29, 1.82) is 0 Å². The van der Waals surface area contributed by atoms with E-state index in [1.807, 2.05) is 24.3 Å². The second kappa shape index (κ2) is 7.63. The monoisotopic (exact) mass is 316 g/mol. The predicted octanol–water partition coefficient (Wildman–Crippen LogP) is 4.50. The summed E-state index contributed by atoms with van der Waals surface area (Å²) in [5.41, 5.74) is 1.74. The molecule has 0 heterocycles. The molecule has 0 radical (unpaired) electrons. The van der Waals surface area contributed by atoms with Gasteiger partial charge in [0.1, 0.15) is 11.6 Å². The number of halogens is 1. The topological polar surface area (TPSA) is 50.4 Å². The normalized spacial score (nSPS) is 11.9. The van der Waals surface area contributed by atoms with Crippen LogP contribution in [0.15, 0.2) is 48.5 Å². The lowest BCUT2D eigenvalue weighted by atomic mass is 10.0. The number of nitrogens with one attached hydrogen (secondary N) is 2. The largest absolute Gasteiger partial charge is 0.471 e. The molecule has 1 unspecified atom stereocenters. The number of amides is 2. The lowest BCUT2D eigenvalue weighted by Crippen LogP contribution is -2.39. The van der Waals surface area contributed by atoms with E-state index in [9.17, 15) is 9.18 Å². The minimum Gasteiger partial charge on any atom is -0.471 e. The molecule has 0 fully saturated rings. The Morgan fingerprint density at radius 3 is 2.17 bits per heavy atom. The van der Waals surface area contributed by atoms with Crippen molar-refractivity contribution in [1.82, 2.24) is 5.32 Å². The summed E-state index contributed by atoms with van der Waals surface area (Å²) in [5.74, 6) is 0.794. The van der Waals surface area contributed by atoms with Crippen LogP contribution in [0, 0.1) is 5.82 Å². The van der Waals surface area contributed by atoms with Crippen LogP contribution in [0.25, 0.3) is 0 Å². The van der Waals surface area contributed by atoms with Gasteiger partial charge in [-0.2, -0.15) is 0 Å². The van der Waals surface area contributed by atoms with Crippen molar-refractivity contribution in [3.05, 3.63) is 59.9 Å². The maximum Gasteiger partial charge on any atom is 0.322 e. The van der Waals surface area contributed by atoms with Gasteiger partial charge in [-0.25, -0.2) is 9.18 Å². The van der Waals surface area contributed by atoms with E-state index in [-0.39, 0.29) is 5.82 Å². The molecule has 0 bridgehead atoms. The smallest absolute Gasteiger partial charge is 0.322 e. The lowest BCUT2D eigenvalue weighted by Gasteiger charge is -2.17. The molecule has 2 rings (SSSR count). The van der Waals surface area contributed by atoms with Crippen LogP contribution in [0.4, 0.5) is 14.9 Å². The fourth-order valence-electron chi connectivity index (χ4n) is 2.05. The van der Waals surface area contributed by atoms with Gasteiger partial charge in [0.2, 0.25) is 0 Å². The minimum absolute atomic E-state index is 0.350. The maximum absolute atomic E-state index is 12.8. The third-order valence-electron chi connectivity index (χ3n) is 3.30. The summed E-state index contributed by atoms with van der Waals surface area (Å²) >= 11 is 0. The van der Waals surface area contributed by atoms with E-state index in [1.165, 1.54) is 29.8 Å². The van der Waals surface area contributed by atoms with Crippen molar-refractivity contribution in [2.75, 3.05) is 5.32 Å². The molecule has 0 saturated carbocycles. The lowest BCUT2D eigenvalue weighted by molar-refractivity contribution is 0.183. The van der Waals surface area contributed by atoms with Crippen LogP contribution in [0.5, 0.6) is 5.75 Å². The molecular weight excluding hydrogens is 295 g/mol. The van der Waals surface area contributed by atoms with Crippen LogP contribution in [0.1, 0.15) is 32.3 Å². The molecular formula is C18H21FN2O2. The van der Waals surface area contributed by atoms with Gasteiger partial charge in [-0.05, 0) is 54.8 Å². The number of hydrogen-bond donors (Lipinski definition) is 2. The summed E-state index contributed by atoms with van der Waals surface area (Å²) in [7, 11) is 0. The van der Waals surface area contributed by atoms with Crippen molar-refractivity contribution in [3.8, 4) is 5.75 Å². The quantitative estimate of drug-likeness (QED) is 0.798. The van der Waals surface area contributed by atoms with Gasteiger partial charge in [0.15, 0.2) is 6.23 Å². The number of carbonyl (C=O) groups is 1. The zero-order valence-electron chi connectivity index (χ0n) is 13.5. The first-order chi connectivity index (χ1) is 10.9. The van der Waals surface area contributed by atoms with Crippen molar-refractivity contribution < 1.29 is 13.9 Å². The van der Waals surface area contributed by atoms with Crippen LogP contribution in [0.2, 0.25) is 0 Å². The molecule has 23 heavy (non-hydrogen) atoms. The standard InChI is InChI=1S/C18H21FN2O2/c1-12(2)14-4-10-17(11-5-14)23-13(3)20-18(22)21-16-8-6-15(19)7-9-16/h4-13H,1-3H3,(H2,20,21,22). The van der Waals surface area contributed by atoms with E-state index in [4.69, 9.17) is 4.74 Å². The summed E-state index contributed by atoms with van der Waals surface area (Å²) in [4.78, 5) is 11.8. The Labute approximate surface area is 135 Å². The first-order valence-electron chi connectivity index (χ1n) is 7.54. The van der Waals surface area contributed by atoms with Gasteiger partial charge in [-0.15, -0.1) is 0 Å². The van der Waals surface area contributed by atoms with Crippen LogP contribution >= 0.6 is 0 Å². The summed E-state index contributed by atoms with van der Waals surface area (Å²) in [6.07, 6.45) is -0.500. The van der Waals surface area contributed by atoms with Gasteiger partial charge in [-0.1, -0.05) is 26.0 Å². The number of anilines is 1. The Kier molecular flexibility index (Phi) is 5.57. The Balaban J connectivity index is 1.84. The highest BCUT2D eigenvalue weighted by Crippen LogP contribution is 2.19. The molecule has 0 aliphatic carbocycles. The van der Waals surface area contributed by atoms with E-state index in [0.717, 1.165) is 0 Å². The molecule has 2 amide bonds. The van der Waals surface area contributed by atoms with Crippen LogP contribution in [-0.4, -0.2) is 12.3 Å². The highest BCUT2D eigenvalue weighted by Gasteiger charge is 2.09. The predicted molar refractivity (Wildman–Crippen MR) is 89.2 cm³/mol. The Bertz CT molecular complexity index is 639. The number of carbonyl (C=O) groups excluding carboxylic acids is 1. The van der Waals surface area contributed by atoms with Crippen molar-refractivity contribution in [2.24, 2.45) is 0 Å². The summed E-state index contributed by atoms with van der Waals surface area (Å²) in [6, 6.07) is 12.9. The van der Waals surface area contributed by atoms with E-state index in [0.29, 0.717) is 17.4 Å². The molecule has 2 N–H and O–H groups in total. The first-order valence-corrected chi connectivity index (χ1v) is 7.54. The van der Waals surface area contributed by atoms with E-state index < -0.39 is 12.3 Å². The summed E-state index contributed by atoms with van der Waals surface area (Å²) < 4.78 is 18.5. The number of hydrogen-bond acceptors (Lipinski definition) is 2.